The number of hydrogen-bond donors (Lipinski definition) is 1. The molecule has 0 spiro atoms. The van der Waals surface area contributed by atoms with Crippen LogP contribution in [0.1, 0.15) is 17.9 Å². The predicted molar refractivity (Wildman–Crippen MR) is 121 cm³/mol. The summed E-state index contributed by atoms with van der Waals surface area (Å²) in [5, 5.41) is 17.4. The van der Waals surface area contributed by atoms with E-state index in [1.165, 1.54) is 10.7 Å². The molecule has 10 nitrogen and oxygen atoms in total. The Morgan fingerprint density at radius 3 is 2.62 bits per heavy atom. The first-order chi connectivity index (χ1) is 17.9. The van der Waals surface area contributed by atoms with Crippen molar-refractivity contribution in [2.45, 2.75) is 13.0 Å². The van der Waals surface area contributed by atoms with Crippen LogP contribution < -0.4 is 5.32 Å². The van der Waals surface area contributed by atoms with Crippen molar-refractivity contribution in [3.8, 4) is 22.7 Å². The van der Waals surface area contributed by atoms with E-state index in [9.17, 15) is 22.4 Å². The highest BCUT2D eigenvalue weighted by Crippen LogP contribution is 2.28. The number of carbonyl (C=O) groups excluding carboxylic acids is 1. The Kier molecular flexibility index (Phi) is 6.81. The summed E-state index contributed by atoms with van der Waals surface area (Å²) in [5.41, 5.74) is 1.17. The fourth-order valence-corrected chi connectivity index (χ4v) is 3.72. The summed E-state index contributed by atoms with van der Waals surface area (Å²) in [4.78, 5) is 14.1. The summed E-state index contributed by atoms with van der Waals surface area (Å²) in [5.74, 6) is -4.06. The molecule has 1 N–H and O–H groups in total. The first-order valence-corrected chi connectivity index (χ1v) is 11.1. The van der Waals surface area contributed by atoms with Crippen LogP contribution in [-0.2, 0) is 11.3 Å². The van der Waals surface area contributed by atoms with Crippen molar-refractivity contribution >= 4 is 11.7 Å². The maximum Gasteiger partial charge on any atom is 0.321 e. The van der Waals surface area contributed by atoms with E-state index in [1.807, 2.05) is 0 Å². The van der Waals surface area contributed by atoms with E-state index in [2.05, 4.69) is 25.8 Å². The van der Waals surface area contributed by atoms with Crippen molar-refractivity contribution in [3.05, 3.63) is 65.7 Å². The lowest BCUT2D eigenvalue weighted by Crippen LogP contribution is -2.43. The van der Waals surface area contributed by atoms with Gasteiger partial charge in [0, 0.05) is 29.9 Å². The minimum Gasteiger partial charge on any atom is -0.415 e. The highest BCUT2D eigenvalue weighted by molar-refractivity contribution is 5.90. The lowest BCUT2D eigenvalue weighted by atomic mass is 10.1. The second-order valence-electron chi connectivity index (χ2n) is 8.06. The van der Waals surface area contributed by atoms with Gasteiger partial charge in [0.25, 0.3) is 11.8 Å². The highest BCUT2D eigenvalue weighted by atomic mass is 19.3. The summed E-state index contributed by atoms with van der Waals surface area (Å²) in [6, 6.07) is 9.16. The molecule has 0 unspecified atom stereocenters. The SMILES string of the molecule is O=C(Nc1cccc(-c2cn(Cc3ccc(-c4nnc(C(F)F)o4)c(F)c3F)nn2)c1)N1CCOCC1. The molecule has 1 aliphatic rings. The molecule has 0 radical (unpaired) electrons. The van der Waals surface area contributed by atoms with E-state index in [0.717, 1.165) is 6.07 Å². The van der Waals surface area contributed by atoms with Crippen molar-refractivity contribution < 1.29 is 31.5 Å². The molecule has 2 amide bonds. The molecule has 14 heteroatoms. The number of benzene rings is 2. The average molecular weight is 517 g/mol. The lowest BCUT2D eigenvalue weighted by Gasteiger charge is -2.26. The van der Waals surface area contributed by atoms with Gasteiger partial charge in [-0.05, 0) is 18.2 Å². The van der Waals surface area contributed by atoms with Gasteiger partial charge in [0.05, 0.1) is 31.5 Å². The van der Waals surface area contributed by atoms with Crippen molar-refractivity contribution in [1.82, 2.24) is 30.1 Å². The number of carbonyl (C=O) groups is 1. The Morgan fingerprint density at radius 2 is 1.86 bits per heavy atom. The molecule has 192 valence electrons. The number of hydrogen-bond acceptors (Lipinski definition) is 7. The number of anilines is 1. The number of nitrogens with one attached hydrogen (secondary N) is 1. The predicted octanol–water partition coefficient (Wildman–Crippen LogP) is 4.12. The number of aromatic nitrogens is 5. The molecule has 2 aromatic heterocycles. The fraction of sp³-hybridized carbons (Fsp3) is 0.261. The summed E-state index contributed by atoms with van der Waals surface area (Å²) < 4.78 is 65.9. The molecule has 1 saturated heterocycles. The van der Waals surface area contributed by atoms with Crippen LogP contribution in [0.3, 0.4) is 0 Å². The van der Waals surface area contributed by atoms with E-state index < -0.39 is 35.4 Å². The van der Waals surface area contributed by atoms with Gasteiger partial charge in [-0.3, -0.25) is 0 Å². The molecule has 0 saturated carbocycles. The molecule has 0 atom stereocenters. The third kappa shape index (κ3) is 5.28. The van der Waals surface area contributed by atoms with Crippen LogP contribution >= 0.6 is 0 Å². The van der Waals surface area contributed by atoms with Crippen LogP contribution in [0.5, 0.6) is 0 Å². The van der Waals surface area contributed by atoms with Crippen LogP contribution in [0.4, 0.5) is 28.0 Å². The largest absolute Gasteiger partial charge is 0.415 e. The van der Waals surface area contributed by atoms with Crippen molar-refractivity contribution in [1.29, 1.82) is 0 Å². The van der Waals surface area contributed by atoms with Crippen molar-refractivity contribution in [2.75, 3.05) is 31.6 Å². The van der Waals surface area contributed by atoms with Gasteiger partial charge in [0.15, 0.2) is 11.6 Å². The topological polar surface area (TPSA) is 111 Å². The monoisotopic (exact) mass is 517 g/mol. The molecular formula is C23H19F4N7O3. The Bertz CT molecular complexity index is 1420. The fourth-order valence-electron chi connectivity index (χ4n) is 3.72. The Balaban J connectivity index is 1.30. The molecule has 3 heterocycles. The summed E-state index contributed by atoms with van der Waals surface area (Å²) in [7, 11) is 0. The summed E-state index contributed by atoms with van der Waals surface area (Å²) in [6.07, 6.45) is -1.49. The molecule has 5 rings (SSSR count). The van der Waals surface area contributed by atoms with Crippen LogP contribution in [0.15, 0.2) is 47.0 Å². The van der Waals surface area contributed by atoms with Gasteiger partial charge in [0.2, 0.25) is 0 Å². The Hall–Kier alpha value is -4.33. The normalized spacial score (nSPS) is 13.8. The zero-order valence-corrected chi connectivity index (χ0v) is 19.1. The maximum absolute atomic E-state index is 14.7. The number of alkyl halides is 2. The molecule has 37 heavy (non-hydrogen) atoms. The van der Waals surface area contributed by atoms with Gasteiger partial charge < -0.3 is 19.4 Å². The smallest absolute Gasteiger partial charge is 0.321 e. The number of nitrogens with zero attached hydrogens (tertiary/aromatic N) is 6. The van der Waals surface area contributed by atoms with Crippen LogP contribution in [0, 0.1) is 11.6 Å². The van der Waals surface area contributed by atoms with Crippen LogP contribution in [0.2, 0.25) is 0 Å². The van der Waals surface area contributed by atoms with Gasteiger partial charge in [-0.1, -0.05) is 23.4 Å². The number of rotatable bonds is 6. The van der Waals surface area contributed by atoms with E-state index in [4.69, 9.17) is 9.15 Å². The van der Waals surface area contributed by atoms with Crippen LogP contribution in [0.25, 0.3) is 22.7 Å². The Morgan fingerprint density at radius 1 is 1.05 bits per heavy atom. The van der Waals surface area contributed by atoms with E-state index in [1.54, 1.807) is 35.4 Å². The third-order valence-electron chi connectivity index (χ3n) is 5.60. The molecular weight excluding hydrogens is 498 g/mol. The van der Waals surface area contributed by atoms with Crippen molar-refractivity contribution in [2.24, 2.45) is 0 Å². The second-order valence-corrected chi connectivity index (χ2v) is 8.06. The first kappa shape index (κ1) is 24.4. The summed E-state index contributed by atoms with van der Waals surface area (Å²) >= 11 is 0. The highest BCUT2D eigenvalue weighted by Gasteiger charge is 2.22. The van der Waals surface area contributed by atoms with E-state index in [-0.39, 0.29) is 18.1 Å². The molecule has 4 aromatic rings. The average Bonchev–Trinajstić information content (AvgIpc) is 3.58. The first-order valence-electron chi connectivity index (χ1n) is 11.1. The zero-order chi connectivity index (χ0) is 25.9. The van der Waals surface area contributed by atoms with Gasteiger partial charge in [0.1, 0.15) is 5.69 Å². The van der Waals surface area contributed by atoms with Gasteiger partial charge in [-0.25, -0.2) is 18.3 Å². The van der Waals surface area contributed by atoms with Gasteiger partial charge in [-0.15, -0.1) is 15.3 Å². The number of morpholine rings is 1. The third-order valence-corrected chi connectivity index (χ3v) is 5.60. The number of amides is 2. The number of urea groups is 1. The molecule has 2 aromatic carbocycles. The van der Waals surface area contributed by atoms with Crippen molar-refractivity contribution in [3.63, 3.8) is 0 Å². The molecule has 1 aliphatic heterocycles. The van der Waals surface area contributed by atoms with Gasteiger partial charge >= 0.3 is 12.5 Å². The molecule has 0 bridgehead atoms. The minimum atomic E-state index is -3.03. The molecule has 0 aliphatic carbocycles. The zero-order valence-electron chi connectivity index (χ0n) is 19.1. The van der Waals surface area contributed by atoms with E-state index in [0.29, 0.717) is 43.2 Å². The quantitative estimate of drug-likeness (QED) is 0.383. The minimum absolute atomic E-state index is 0.0576. The standard InChI is InChI=1S/C23H19F4N7O3/c24-18-14(4-5-16(19(18)25)21-30-31-22(37-21)20(26)27)11-34-12-17(29-32-34)13-2-1-3-15(10-13)28-23(35)33-6-8-36-9-7-33/h1-5,10,12,20H,6-9,11H2,(H,28,35). The summed E-state index contributed by atoms with van der Waals surface area (Å²) in [6.45, 7) is 1.82. The second kappa shape index (κ2) is 10.3. The van der Waals surface area contributed by atoms with Gasteiger partial charge in [-0.2, -0.15) is 8.78 Å². The number of ether oxygens (including phenoxy) is 1. The Labute approximate surface area is 206 Å². The lowest BCUT2D eigenvalue weighted by molar-refractivity contribution is 0.0564. The molecule has 1 fully saturated rings. The van der Waals surface area contributed by atoms with Crippen LogP contribution in [-0.4, -0.2) is 62.4 Å². The number of halogens is 4. The van der Waals surface area contributed by atoms with E-state index >= 15 is 0 Å². The maximum atomic E-state index is 14.7.